The third-order valence-corrected chi connectivity index (χ3v) is 4.52. The molecule has 0 unspecified atom stereocenters. The molecule has 3 aromatic carbocycles. The maximum absolute atomic E-state index is 4.91. The minimum Gasteiger partial charge on any atom is -0.355 e. The summed E-state index contributed by atoms with van der Waals surface area (Å²) in [7, 11) is 2.08. The summed E-state index contributed by atoms with van der Waals surface area (Å²) in [6.07, 6.45) is 0. The lowest BCUT2D eigenvalue weighted by Crippen LogP contribution is -2.18. The monoisotopic (exact) mass is 339 g/mol. The zero-order chi connectivity index (χ0) is 17.9. The number of anilines is 1. The van der Waals surface area contributed by atoms with E-state index in [-0.39, 0.29) is 0 Å². The number of fused-ring (bicyclic) bond motifs is 1. The molecule has 0 fully saturated rings. The van der Waals surface area contributed by atoms with Crippen LogP contribution in [0.5, 0.6) is 0 Å². The summed E-state index contributed by atoms with van der Waals surface area (Å²) in [5.41, 5.74) is 4.49. The van der Waals surface area contributed by atoms with Crippen molar-refractivity contribution in [1.29, 1.82) is 0 Å². The fourth-order valence-corrected chi connectivity index (χ4v) is 3.11. The number of aryl methyl sites for hydroxylation is 1. The van der Waals surface area contributed by atoms with Crippen molar-refractivity contribution in [3.8, 4) is 11.4 Å². The molecule has 0 N–H and O–H groups in total. The molecule has 26 heavy (non-hydrogen) atoms. The van der Waals surface area contributed by atoms with Crippen LogP contribution in [-0.2, 0) is 6.54 Å². The van der Waals surface area contributed by atoms with Gasteiger partial charge in [0.15, 0.2) is 5.82 Å². The van der Waals surface area contributed by atoms with E-state index in [0.717, 1.165) is 34.7 Å². The highest BCUT2D eigenvalue weighted by atomic mass is 15.2. The second-order valence-electron chi connectivity index (χ2n) is 6.60. The molecular formula is C23H21N3. The van der Waals surface area contributed by atoms with E-state index in [2.05, 4.69) is 79.5 Å². The predicted octanol–water partition coefficient (Wildman–Crippen LogP) is 5.24. The molecule has 1 aromatic heterocycles. The summed E-state index contributed by atoms with van der Waals surface area (Å²) in [6, 6.07) is 27.0. The Balaban J connectivity index is 1.80. The van der Waals surface area contributed by atoms with Gasteiger partial charge < -0.3 is 4.90 Å². The zero-order valence-electron chi connectivity index (χ0n) is 15.1. The summed E-state index contributed by atoms with van der Waals surface area (Å²) in [5, 5.41) is 1.07. The van der Waals surface area contributed by atoms with Gasteiger partial charge in [-0.3, -0.25) is 0 Å². The SMILES string of the molecule is Cc1ccc(-c2nc(N(C)Cc3ccccc3)c3ccccc3n2)cc1. The normalized spacial score (nSPS) is 10.8. The molecule has 4 rings (SSSR count). The van der Waals surface area contributed by atoms with Gasteiger partial charge in [-0.1, -0.05) is 72.3 Å². The minimum atomic E-state index is 0.763. The predicted molar refractivity (Wildman–Crippen MR) is 108 cm³/mol. The molecule has 3 nitrogen and oxygen atoms in total. The minimum absolute atomic E-state index is 0.763. The highest BCUT2D eigenvalue weighted by molar-refractivity contribution is 5.91. The first-order valence-corrected chi connectivity index (χ1v) is 8.79. The van der Waals surface area contributed by atoms with E-state index in [0.29, 0.717) is 0 Å². The van der Waals surface area contributed by atoms with E-state index in [9.17, 15) is 0 Å². The van der Waals surface area contributed by atoms with Crippen LogP contribution in [0, 0.1) is 6.92 Å². The van der Waals surface area contributed by atoms with Gasteiger partial charge in [0.1, 0.15) is 5.82 Å². The fraction of sp³-hybridized carbons (Fsp3) is 0.130. The number of para-hydroxylation sites is 1. The molecule has 128 valence electrons. The smallest absolute Gasteiger partial charge is 0.162 e. The van der Waals surface area contributed by atoms with Gasteiger partial charge in [0, 0.05) is 24.5 Å². The molecule has 1 heterocycles. The summed E-state index contributed by atoms with van der Waals surface area (Å²) in [5.74, 6) is 1.72. The molecule has 0 radical (unpaired) electrons. The van der Waals surface area contributed by atoms with Crippen LogP contribution in [0.3, 0.4) is 0 Å². The molecule has 0 aliphatic rings. The average molecular weight is 339 g/mol. The van der Waals surface area contributed by atoms with Crippen molar-refractivity contribution >= 4 is 16.7 Å². The van der Waals surface area contributed by atoms with Gasteiger partial charge in [-0.05, 0) is 24.6 Å². The van der Waals surface area contributed by atoms with E-state index in [1.54, 1.807) is 0 Å². The van der Waals surface area contributed by atoms with Crippen LogP contribution >= 0.6 is 0 Å². The lowest BCUT2D eigenvalue weighted by Gasteiger charge is -2.21. The van der Waals surface area contributed by atoms with Crippen molar-refractivity contribution in [3.63, 3.8) is 0 Å². The van der Waals surface area contributed by atoms with Crippen LogP contribution in [-0.4, -0.2) is 17.0 Å². The lowest BCUT2D eigenvalue weighted by molar-refractivity contribution is 0.902. The molecule has 0 saturated carbocycles. The van der Waals surface area contributed by atoms with Crippen molar-refractivity contribution in [1.82, 2.24) is 9.97 Å². The second-order valence-corrected chi connectivity index (χ2v) is 6.60. The zero-order valence-corrected chi connectivity index (χ0v) is 15.1. The quantitative estimate of drug-likeness (QED) is 0.509. The van der Waals surface area contributed by atoms with Crippen molar-refractivity contribution in [3.05, 3.63) is 90.0 Å². The molecular weight excluding hydrogens is 318 g/mol. The Morgan fingerprint density at radius 1 is 0.769 bits per heavy atom. The van der Waals surface area contributed by atoms with Crippen LogP contribution in [0.4, 0.5) is 5.82 Å². The van der Waals surface area contributed by atoms with Crippen LogP contribution in [0.25, 0.3) is 22.3 Å². The standard InChI is InChI=1S/C23H21N3/c1-17-12-14-19(15-13-17)22-24-21-11-7-6-10-20(21)23(25-22)26(2)16-18-8-4-3-5-9-18/h3-15H,16H2,1-2H3. The van der Waals surface area contributed by atoms with Crippen molar-refractivity contribution in [2.24, 2.45) is 0 Å². The van der Waals surface area contributed by atoms with Gasteiger partial charge in [0.05, 0.1) is 5.52 Å². The fourth-order valence-electron chi connectivity index (χ4n) is 3.11. The van der Waals surface area contributed by atoms with Crippen LogP contribution in [0.1, 0.15) is 11.1 Å². The second kappa shape index (κ2) is 6.96. The maximum atomic E-state index is 4.91. The molecule has 4 aromatic rings. The first-order valence-electron chi connectivity index (χ1n) is 8.79. The van der Waals surface area contributed by atoms with Gasteiger partial charge in [-0.15, -0.1) is 0 Å². The summed E-state index contributed by atoms with van der Waals surface area (Å²) in [4.78, 5) is 11.9. The van der Waals surface area contributed by atoms with Crippen LogP contribution in [0.15, 0.2) is 78.9 Å². The largest absolute Gasteiger partial charge is 0.355 e. The third-order valence-electron chi connectivity index (χ3n) is 4.52. The van der Waals surface area contributed by atoms with Crippen LogP contribution < -0.4 is 4.90 Å². The van der Waals surface area contributed by atoms with E-state index >= 15 is 0 Å². The molecule has 0 amide bonds. The summed E-state index contributed by atoms with van der Waals surface area (Å²) >= 11 is 0. The first-order chi connectivity index (χ1) is 12.7. The van der Waals surface area contributed by atoms with E-state index in [1.165, 1.54) is 11.1 Å². The third kappa shape index (κ3) is 3.29. The topological polar surface area (TPSA) is 29.0 Å². The highest BCUT2D eigenvalue weighted by Gasteiger charge is 2.13. The molecule has 3 heteroatoms. The van der Waals surface area contributed by atoms with E-state index < -0.39 is 0 Å². The number of hydrogen-bond donors (Lipinski definition) is 0. The Kier molecular flexibility index (Phi) is 4.36. The Labute approximate surface area is 154 Å². The molecule has 0 aliphatic heterocycles. The number of nitrogens with zero attached hydrogens (tertiary/aromatic N) is 3. The summed E-state index contributed by atoms with van der Waals surface area (Å²) in [6.45, 7) is 2.89. The Hall–Kier alpha value is -3.20. The molecule has 0 atom stereocenters. The molecule has 0 bridgehead atoms. The Bertz CT molecular complexity index is 1020. The van der Waals surface area contributed by atoms with E-state index in [4.69, 9.17) is 9.97 Å². The van der Waals surface area contributed by atoms with Crippen molar-refractivity contribution in [2.45, 2.75) is 13.5 Å². The van der Waals surface area contributed by atoms with E-state index in [1.807, 2.05) is 18.2 Å². The number of rotatable bonds is 4. The molecule has 0 aliphatic carbocycles. The molecule has 0 saturated heterocycles. The highest BCUT2D eigenvalue weighted by Crippen LogP contribution is 2.27. The van der Waals surface area contributed by atoms with Gasteiger partial charge in [0.2, 0.25) is 0 Å². The average Bonchev–Trinajstić information content (AvgIpc) is 2.68. The number of aromatic nitrogens is 2. The maximum Gasteiger partial charge on any atom is 0.162 e. The van der Waals surface area contributed by atoms with Gasteiger partial charge >= 0.3 is 0 Å². The number of benzene rings is 3. The van der Waals surface area contributed by atoms with Crippen molar-refractivity contribution < 1.29 is 0 Å². The van der Waals surface area contributed by atoms with Gasteiger partial charge in [-0.2, -0.15) is 0 Å². The summed E-state index contributed by atoms with van der Waals surface area (Å²) < 4.78 is 0. The lowest BCUT2D eigenvalue weighted by atomic mass is 10.1. The van der Waals surface area contributed by atoms with Gasteiger partial charge in [-0.25, -0.2) is 9.97 Å². The van der Waals surface area contributed by atoms with Gasteiger partial charge in [0.25, 0.3) is 0 Å². The molecule has 0 spiro atoms. The Morgan fingerprint density at radius 2 is 1.46 bits per heavy atom. The van der Waals surface area contributed by atoms with Crippen molar-refractivity contribution in [2.75, 3.05) is 11.9 Å². The van der Waals surface area contributed by atoms with Crippen LogP contribution in [0.2, 0.25) is 0 Å². The Morgan fingerprint density at radius 3 is 2.23 bits per heavy atom. The first kappa shape index (κ1) is 16.3. The number of hydrogen-bond acceptors (Lipinski definition) is 3.